The Morgan fingerprint density at radius 2 is 2.00 bits per heavy atom. The molecule has 2 N–H and O–H groups in total. The second-order valence-electron chi connectivity index (χ2n) is 3.50. The molecule has 2 rings (SSSR count). The van der Waals surface area contributed by atoms with Gasteiger partial charge in [0.2, 0.25) is 0 Å². The van der Waals surface area contributed by atoms with E-state index in [-0.39, 0.29) is 5.69 Å². The van der Waals surface area contributed by atoms with E-state index in [9.17, 15) is 13.6 Å². The molecule has 1 heterocycles. The normalized spacial score (nSPS) is 10.2. The van der Waals surface area contributed by atoms with Crippen LogP contribution in [0, 0.1) is 18.6 Å². The highest BCUT2D eigenvalue weighted by Crippen LogP contribution is 2.16. The minimum absolute atomic E-state index is 0.0109. The Hall–Kier alpha value is -2.44. The van der Waals surface area contributed by atoms with Gasteiger partial charge < -0.3 is 4.52 Å². The summed E-state index contributed by atoms with van der Waals surface area (Å²) in [5.74, 6) is -1.83. The van der Waals surface area contributed by atoms with E-state index in [4.69, 9.17) is 4.52 Å². The van der Waals surface area contributed by atoms with Crippen LogP contribution in [0.3, 0.4) is 0 Å². The molecule has 1 aromatic carbocycles. The van der Waals surface area contributed by atoms with Gasteiger partial charge in [0.25, 0.3) is 5.91 Å². The standard InChI is InChI=1S/C11H9F2N3O2/c1-6-5-9(16-18-6)11(17)15-14-10-7(12)3-2-4-8(10)13/h2-5,14H,1H3,(H,15,17). The molecular formula is C11H9F2N3O2. The Bertz CT molecular complexity index is 563. The van der Waals surface area contributed by atoms with Gasteiger partial charge in [0.15, 0.2) is 17.3 Å². The molecule has 0 aliphatic heterocycles. The van der Waals surface area contributed by atoms with Crippen LogP contribution in [-0.2, 0) is 0 Å². The maximum absolute atomic E-state index is 13.2. The Morgan fingerprint density at radius 3 is 2.56 bits per heavy atom. The van der Waals surface area contributed by atoms with Crippen LogP contribution in [0.4, 0.5) is 14.5 Å². The summed E-state index contributed by atoms with van der Waals surface area (Å²) in [6.45, 7) is 1.62. The van der Waals surface area contributed by atoms with Crippen molar-refractivity contribution in [1.82, 2.24) is 10.6 Å². The van der Waals surface area contributed by atoms with Crippen LogP contribution >= 0.6 is 0 Å². The van der Waals surface area contributed by atoms with E-state index in [0.717, 1.165) is 12.1 Å². The molecule has 0 radical (unpaired) electrons. The number of para-hydroxylation sites is 1. The van der Waals surface area contributed by atoms with E-state index >= 15 is 0 Å². The molecule has 94 valence electrons. The first-order valence-corrected chi connectivity index (χ1v) is 5.01. The number of aromatic nitrogens is 1. The molecule has 0 aliphatic carbocycles. The predicted octanol–water partition coefficient (Wildman–Crippen LogP) is 2.02. The average molecular weight is 253 g/mol. The highest BCUT2D eigenvalue weighted by Gasteiger charge is 2.13. The van der Waals surface area contributed by atoms with Crippen molar-refractivity contribution in [3.63, 3.8) is 0 Å². The number of carbonyl (C=O) groups excluding carboxylic acids is 1. The van der Waals surface area contributed by atoms with E-state index in [0.29, 0.717) is 5.76 Å². The van der Waals surface area contributed by atoms with E-state index in [2.05, 4.69) is 16.0 Å². The van der Waals surface area contributed by atoms with Crippen LogP contribution in [0.5, 0.6) is 0 Å². The second kappa shape index (κ2) is 4.82. The smallest absolute Gasteiger partial charge is 0.291 e. The molecule has 0 spiro atoms. The number of hydrogen-bond donors (Lipinski definition) is 2. The number of anilines is 1. The molecule has 2 aromatic rings. The summed E-state index contributed by atoms with van der Waals surface area (Å²) < 4.78 is 31.1. The highest BCUT2D eigenvalue weighted by molar-refractivity contribution is 5.92. The van der Waals surface area contributed by atoms with Gasteiger partial charge in [-0.05, 0) is 19.1 Å². The van der Waals surface area contributed by atoms with Crippen LogP contribution in [0.2, 0.25) is 0 Å². The zero-order valence-corrected chi connectivity index (χ0v) is 9.33. The number of hydrogen-bond acceptors (Lipinski definition) is 4. The van der Waals surface area contributed by atoms with Gasteiger partial charge in [-0.3, -0.25) is 15.6 Å². The summed E-state index contributed by atoms with van der Waals surface area (Å²) in [5, 5.41) is 3.46. The van der Waals surface area contributed by atoms with Gasteiger partial charge >= 0.3 is 0 Å². The third-order valence-corrected chi connectivity index (χ3v) is 2.12. The van der Waals surface area contributed by atoms with Crippen molar-refractivity contribution in [2.75, 3.05) is 5.43 Å². The quantitative estimate of drug-likeness (QED) is 0.821. The molecule has 1 aromatic heterocycles. The van der Waals surface area contributed by atoms with E-state index in [1.165, 1.54) is 12.1 Å². The van der Waals surface area contributed by atoms with Gasteiger partial charge in [0, 0.05) is 6.07 Å². The van der Waals surface area contributed by atoms with E-state index < -0.39 is 23.2 Å². The lowest BCUT2D eigenvalue weighted by atomic mass is 10.3. The number of amides is 1. The molecule has 0 aliphatic rings. The summed E-state index contributed by atoms with van der Waals surface area (Å²) in [5.41, 5.74) is 3.85. The van der Waals surface area contributed by atoms with Crippen molar-refractivity contribution < 1.29 is 18.1 Å². The zero-order valence-electron chi connectivity index (χ0n) is 9.33. The zero-order chi connectivity index (χ0) is 13.1. The summed E-state index contributed by atoms with van der Waals surface area (Å²) in [4.78, 5) is 11.5. The number of carbonyl (C=O) groups is 1. The number of aryl methyl sites for hydroxylation is 1. The van der Waals surface area contributed by atoms with Gasteiger partial charge in [-0.1, -0.05) is 11.2 Å². The van der Waals surface area contributed by atoms with Crippen LogP contribution < -0.4 is 10.9 Å². The second-order valence-corrected chi connectivity index (χ2v) is 3.50. The number of benzene rings is 1. The lowest BCUT2D eigenvalue weighted by Crippen LogP contribution is -2.30. The fourth-order valence-electron chi connectivity index (χ4n) is 1.27. The summed E-state index contributed by atoms with van der Waals surface area (Å²) in [6.07, 6.45) is 0. The lowest BCUT2D eigenvalue weighted by molar-refractivity contribution is 0.0953. The molecule has 0 bridgehead atoms. The topological polar surface area (TPSA) is 67.2 Å². The SMILES string of the molecule is Cc1cc(C(=O)NNc2c(F)cccc2F)no1. The third kappa shape index (κ3) is 2.45. The Balaban J connectivity index is 2.06. The molecule has 0 atom stereocenters. The predicted molar refractivity (Wildman–Crippen MR) is 58.7 cm³/mol. The molecule has 0 saturated heterocycles. The monoisotopic (exact) mass is 253 g/mol. The minimum atomic E-state index is -0.813. The maximum atomic E-state index is 13.2. The highest BCUT2D eigenvalue weighted by atomic mass is 19.1. The molecule has 18 heavy (non-hydrogen) atoms. The van der Waals surface area contributed by atoms with Crippen LogP contribution in [0.15, 0.2) is 28.8 Å². The van der Waals surface area contributed by atoms with Crippen molar-refractivity contribution in [2.24, 2.45) is 0 Å². The number of nitrogens with zero attached hydrogens (tertiary/aromatic N) is 1. The van der Waals surface area contributed by atoms with Gasteiger partial charge in [-0.15, -0.1) is 0 Å². The van der Waals surface area contributed by atoms with Gasteiger partial charge in [-0.2, -0.15) is 0 Å². The molecule has 0 unspecified atom stereocenters. The van der Waals surface area contributed by atoms with Crippen molar-refractivity contribution in [3.05, 3.63) is 47.4 Å². The molecule has 1 amide bonds. The first-order valence-electron chi connectivity index (χ1n) is 5.01. The third-order valence-electron chi connectivity index (χ3n) is 2.12. The number of rotatable bonds is 3. The molecule has 5 nitrogen and oxygen atoms in total. The fraction of sp³-hybridized carbons (Fsp3) is 0.0909. The summed E-state index contributed by atoms with van der Waals surface area (Å²) >= 11 is 0. The minimum Gasteiger partial charge on any atom is -0.361 e. The first-order chi connectivity index (χ1) is 8.58. The number of hydrazine groups is 1. The van der Waals surface area contributed by atoms with Crippen molar-refractivity contribution >= 4 is 11.6 Å². The molecule has 0 fully saturated rings. The average Bonchev–Trinajstić information content (AvgIpc) is 2.75. The lowest BCUT2D eigenvalue weighted by Gasteiger charge is -2.08. The molecule has 7 heteroatoms. The summed E-state index contributed by atoms with van der Waals surface area (Å²) in [6, 6.07) is 4.75. The number of nitrogens with one attached hydrogen (secondary N) is 2. The maximum Gasteiger partial charge on any atom is 0.291 e. The van der Waals surface area contributed by atoms with Crippen molar-refractivity contribution in [2.45, 2.75) is 6.92 Å². The van der Waals surface area contributed by atoms with Crippen molar-refractivity contribution in [3.8, 4) is 0 Å². The van der Waals surface area contributed by atoms with E-state index in [1.807, 2.05) is 0 Å². The largest absolute Gasteiger partial charge is 0.361 e. The Labute approximate surface area is 101 Å². The van der Waals surface area contributed by atoms with Gasteiger partial charge in [0.1, 0.15) is 11.4 Å². The van der Waals surface area contributed by atoms with E-state index in [1.54, 1.807) is 6.92 Å². The Morgan fingerprint density at radius 1 is 1.33 bits per heavy atom. The van der Waals surface area contributed by atoms with Crippen LogP contribution in [0.1, 0.15) is 16.2 Å². The molecule has 0 saturated carbocycles. The Kier molecular flexibility index (Phi) is 3.22. The number of halogens is 2. The van der Waals surface area contributed by atoms with Gasteiger partial charge in [0.05, 0.1) is 0 Å². The van der Waals surface area contributed by atoms with Crippen LogP contribution in [-0.4, -0.2) is 11.1 Å². The fourth-order valence-corrected chi connectivity index (χ4v) is 1.27. The molecular weight excluding hydrogens is 244 g/mol. The van der Waals surface area contributed by atoms with Crippen LogP contribution in [0.25, 0.3) is 0 Å². The first kappa shape index (κ1) is 12.0. The van der Waals surface area contributed by atoms with Crippen molar-refractivity contribution in [1.29, 1.82) is 0 Å². The van der Waals surface area contributed by atoms with Gasteiger partial charge in [-0.25, -0.2) is 8.78 Å². The summed E-state index contributed by atoms with van der Waals surface area (Å²) in [7, 11) is 0.